The summed E-state index contributed by atoms with van der Waals surface area (Å²) >= 11 is 0. The number of carbonyl (C=O) groups is 2. The van der Waals surface area contributed by atoms with Crippen LogP contribution in [0.1, 0.15) is 20.8 Å². The van der Waals surface area contributed by atoms with Crippen molar-refractivity contribution in [3.63, 3.8) is 0 Å². The molecule has 0 aliphatic carbocycles. The fraction of sp³-hybridized carbons (Fsp3) is 0.636. The predicted molar refractivity (Wildman–Crippen MR) is 61.4 cm³/mol. The quantitative estimate of drug-likeness (QED) is 0.302. The Balaban J connectivity index is 4.76. The SMILES string of the molecule is C=CCOCC(N)(C(=O)O)C(=O)OC(C)(C)C. The molecule has 0 radical (unpaired) electrons. The van der Waals surface area contributed by atoms with Crippen molar-refractivity contribution in [2.24, 2.45) is 5.73 Å². The average molecular weight is 245 g/mol. The molecule has 0 aromatic rings. The molecule has 0 rings (SSSR count). The molecule has 1 atom stereocenters. The summed E-state index contributed by atoms with van der Waals surface area (Å²) < 4.78 is 9.86. The van der Waals surface area contributed by atoms with Crippen LogP contribution in [-0.4, -0.2) is 41.4 Å². The molecule has 0 heterocycles. The lowest BCUT2D eigenvalue weighted by atomic mass is 10.0. The van der Waals surface area contributed by atoms with Gasteiger partial charge < -0.3 is 20.3 Å². The smallest absolute Gasteiger partial charge is 0.340 e. The summed E-state index contributed by atoms with van der Waals surface area (Å²) in [5.41, 5.74) is 2.49. The van der Waals surface area contributed by atoms with Gasteiger partial charge in [-0.3, -0.25) is 0 Å². The van der Waals surface area contributed by atoms with E-state index in [1.807, 2.05) is 0 Å². The van der Waals surface area contributed by atoms with Gasteiger partial charge in [-0.1, -0.05) is 6.08 Å². The summed E-state index contributed by atoms with van der Waals surface area (Å²) in [4.78, 5) is 22.7. The number of hydrogen-bond donors (Lipinski definition) is 2. The molecule has 6 heteroatoms. The number of aliphatic carboxylic acids is 1. The van der Waals surface area contributed by atoms with Crippen LogP contribution in [0.15, 0.2) is 12.7 Å². The number of nitrogens with two attached hydrogens (primary N) is 1. The van der Waals surface area contributed by atoms with E-state index in [-0.39, 0.29) is 6.61 Å². The van der Waals surface area contributed by atoms with E-state index >= 15 is 0 Å². The van der Waals surface area contributed by atoms with Crippen LogP contribution in [-0.2, 0) is 19.1 Å². The first-order valence-corrected chi connectivity index (χ1v) is 5.08. The highest BCUT2D eigenvalue weighted by Gasteiger charge is 2.46. The lowest BCUT2D eigenvalue weighted by molar-refractivity contribution is -0.172. The second kappa shape index (κ2) is 5.79. The van der Waals surface area contributed by atoms with Crippen molar-refractivity contribution in [1.29, 1.82) is 0 Å². The minimum absolute atomic E-state index is 0.106. The Morgan fingerprint density at radius 2 is 1.94 bits per heavy atom. The normalized spacial score (nSPS) is 14.8. The minimum atomic E-state index is -2.20. The summed E-state index contributed by atoms with van der Waals surface area (Å²) in [5, 5.41) is 8.97. The van der Waals surface area contributed by atoms with Crippen molar-refractivity contribution in [2.45, 2.75) is 31.9 Å². The summed E-state index contributed by atoms with van der Waals surface area (Å²) in [7, 11) is 0. The topological polar surface area (TPSA) is 98.9 Å². The van der Waals surface area contributed by atoms with Gasteiger partial charge in [0, 0.05) is 0 Å². The van der Waals surface area contributed by atoms with Crippen LogP contribution in [0, 0.1) is 0 Å². The first-order valence-electron chi connectivity index (χ1n) is 5.08. The fourth-order valence-electron chi connectivity index (χ4n) is 0.880. The maximum atomic E-state index is 11.7. The van der Waals surface area contributed by atoms with E-state index in [9.17, 15) is 9.59 Å². The molecule has 0 bridgehead atoms. The second-order valence-electron chi connectivity index (χ2n) is 4.58. The predicted octanol–water partition coefficient (Wildman–Crippen LogP) is 0.313. The van der Waals surface area contributed by atoms with Crippen molar-refractivity contribution >= 4 is 11.9 Å². The zero-order chi connectivity index (χ0) is 13.7. The van der Waals surface area contributed by atoms with Gasteiger partial charge in [0.1, 0.15) is 5.60 Å². The van der Waals surface area contributed by atoms with Crippen molar-refractivity contribution in [3.8, 4) is 0 Å². The van der Waals surface area contributed by atoms with Crippen LogP contribution in [0.3, 0.4) is 0 Å². The molecule has 0 amide bonds. The van der Waals surface area contributed by atoms with Crippen molar-refractivity contribution < 1.29 is 24.2 Å². The van der Waals surface area contributed by atoms with E-state index in [4.69, 9.17) is 20.3 Å². The number of rotatable bonds is 6. The third-order valence-corrected chi connectivity index (χ3v) is 1.71. The number of ether oxygens (including phenoxy) is 2. The highest BCUT2D eigenvalue weighted by molar-refractivity contribution is 6.04. The van der Waals surface area contributed by atoms with Gasteiger partial charge in [0.2, 0.25) is 5.54 Å². The van der Waals surface area contributed by atoms with Crippen LogP contribution in [0.5, 0.6) is 0 Å². The average Bonchev–Trinajstić information content (AvgIpc) is 2.14. The highest BCUT2D eigenvalue weighted by Crippen LogP contribution is 2.14. The van der Waals surface area contributed by atoms with Gasteiger partial charge in [0.15, 0.2) is 0 Å². The molecule has 0 aliphatic rings. The van der Waals surface area contributed by atoms with Crippen LogP contribution < -0.4 is 5.73 Å². The Hall–Kier alpha value is -1.40. The van der Waals surface area contributed by atoms with Crippen molar-refractivity contribution in [1.82, 2.24) is 0 Å². The van der Waals surface area contributed by atoms with Crippen molar-refractivity contribution in [2.75, 3.05) is 13.2 Å². The Kier molecular flexibility index (Phi) is 5.31. The monoisotopic (exact) mass is 245 g/mol. The van der Waals surface area contributed by atoms with Gasteiger partial charge in [0.25, 0.3) is 0 Å². The van der Waals surface area contributed by atoms with E-state index in [2.05, 4.69) is 6.58 Å². The highest BCUT2D eigenvalue weighted by atomic mass is 16.6. The molecule has 0 saturated heterocycles. The summed E-state index contributed by atoms with van der Waals surface area (Å²) in [6.45, 7) is 7.91. The summed E-state index contributed by atoms with van der Waals surface area (Å²) in [6.07, 6.45) is 1.43. The van der Waals surface area contributed by atoms with Gasteiger partial charge in [-0.25, -0.2) is 9.59 Å². The Morgan fingerprint density at radius 3 is 2.29 bits per heavy atom. The number of carboxylic acid groups (broad SMARTS) is 1. The van der Waals surface area contributed by atoms with Crippen LogP contribution in [0.2, 0.25) is 0 Å². The molecule has 0 spiro atoms. The van der Waals surface area contributed by atoms with Gasteiger partial charge in [-0.05, 0) is 20.8 Å². The summed E-state index contributed by atoms with van der Waals surface area (Å²) in [5.74, 6) is -2.52. The molecule has 17 heavy (non-hydrogen) atoms. The second-order valence-corrected chi connectivity index (χ2v) is 4.58. The third kappa shape index (κ3) is 4.97. The first-order chi connectivity index (χ1) is 7.63. The maximum Gasteiger partial charge on any atom is 0.340 e. The number of hydrogen-bond acceptors (Lipinski definition) is 5. The molecule has 0 aromatic heterocycles. The molecule has 0 aromatic carbocycles. The van der Waals surface area contributed by atoms with E-state index in [1.165, 1.54) is 6.08 Å². The van der Waals surface area contributed by atoms with Gasteiger partial charge >= 0.3 is 11.9 Å². The van der Waals surface area contributed by atoms with E-state index in [0.29, 0.717) is 0 Å². The standard InChI is InChI=1S/C11H19NO5/c1-5-6-16-7-11(12,8(13)14)9(15)17-10(2,3)4/h5H,1,6-7,12H2,2-4H3,(H,13,14). The molecular weight excluding hydrogens is 226 g/mol. The van der Waals surface area contributed by atoms with E-state index < -0.39 is 29.7 Å². The molecule has 6 nitrogen and oxygen atoms in total. The minimum Gasteiger partial charge on any atom is -0.479 e. The van der Waals surface area contributed by atoms with Gasteiger partial charge in [-0.15, -0.1) is 6.58 Å². The van der Waals surface area contributed by atoms with Crippen LogP contribution in [0.25, 0.3) is 0 Å². The Bertz CT molecular complexity index is 307. The molecule has 0 aliphatic heterocycles. The largest absolute Gasteiger partial charge is 0.479 e. The van der Waals surface area contributed by atoms with Crippen LogP contribution >= 0.6 is 0 Å². The maximum absolute atomic E-state index is 11.7. The van der Waals surface area contributed by atoms with E-state index in [1.54, 1.807) is 20.8 Å². The number of carboxylic acids is 1. The molecule has 0 saturated carbocycles. The zero-order valence-electron chi connectivity index (χ0n) is 10.4. The molecule has 1 unspecified atom stereocenters. The van der Waals surface area contributed by atoms with Gasteiger partial charge in [-0.2, -0.15) is 0 Å². The van der Waals surface area contributed by atoms with Crippen molar-refractivity contribution in [3.05, 3.63) is 12.7 Å². The number of esters is 1. The number of carbonyl (C=O) groups excluding carboxylic acids is 1. The summed E-state index contributed by atoms with van der Waals surface area (Å²) in [6, 6.07) is 0. The van der Waals surface area contributed by atoms with E-state index in [0.717, 1.165) is 0 Å². The molecule has 98 valence electrons. The fourth-order valence-corrected chi connectivity index (χ4v) is 0.880. The Morgan fingerprint density at radius 1 is 1.41 bits per heavy atom. The first kappa shape index (κ1) is 15.6. The Labute approximate surface area is 100 Å². The lowest BCUT2D eigenvalue weighted by Crippen LogP contribution is -2.60. The third-order valence-electron chi connectivity index (χ3n) is 1.71. The lowest BCUT2D eigenvalue weighted by Gasteiger charge is -2.27. The molecule has 0 fully saturated rings. The molecule has 3 N–H and O–H groups in total. The van der Waals surface area contributed by atoms with Crippen LogP contribution in [0.4, 0.5) is 0 Å². The molecular formula is C11H19NO5. The zero-order valence-corrected chi connectivity index (χ0v) is 10.4. The van der Waals surface area contributed by atoms with Gasteiger partial charge in [0.05, 0.1) is 13.2 Å².